The third kappa shape index (κ3) is 5.15. The Hall–Kier alpha value is -2.07. The van der Waals surface area contributed by atoms with Gasteiger partial charge >= 0.3 is 5.97 Å². The summed E-state index contributed by atoms with van der Waals surface area (Å²) in [6, 6.07) is 16.1. The maximum absolute atomic E-state index is 13.2. The summed E-state index contributed by atoms with van der Waals surface area (Å²) in [6.07, 6.45) is 2.93. The molecule has 0 bridgehead atoms. The van der Waals surface area contributed by atoms with Crippen LogP contribution in [0.2, 0.25) is 0 Å². The molecule has 0 amide bonds. The van der Waals surface area contributed by atoms with Crippen LogP contribution in [0.4, 0.5) is 0 Å². The van der Waals surface area contributed by atoms with Crippen LogP contribution in [0.15, 0.2) is 48.5 Å². The highest BCUT2D eigenvalue weighted by molar-refractivity contribution is 8.00. The van der Waals surface area contributed by atoms with Crippen molar-refractivity contribution in [1.82, 2.24) is 0 Å². The number of benzene rings is 2. The standard InChI is InChI=1S/C26H32O3S/c1-5-18(2)13-14-26(22-9-7-6-8-10-22)16-23(27)24(25(28)29-26)30-17-21-15-19(3)11-12-20(21)4/h6-12,15,18,24H,5,13-14,16-17H2,1-4H3. The zero-order valence-electron chi connectivity index (χ0n) is 18.4. The smallest absolute Gasteiger partial charge is 0.327 e. The molecule has 1 aliphatic heterocycles. The quantitative estimate of drug-likeness (QED) is 0.377. The number of ether oxygens (including phenoxy) is 1. The van der Waals surface area contributed by atoms with Crippen LogP contribution >= 0.6 is 11.8 Å². The highest BCUT2D eigenvalue weighted by atomic mass is 32.2. The number of ketones is 1. The monoisotopic (exact) mass is 424 g/mol. The molecule has 1 aliphatic rings. The number of thioether (sulfide) groups is 1. The van der Waals surface area contributed by atoms with Gasteiger partial charge in [0.1, 0.15) is 5.60 Å². The summed E-state index contributed by atoms with van der Waals surface area (Å²) in [5, 5.41) is -0.745. The lowest BCUT2D eigenvalue weighted by molar-refractivity contribution is -0.172. The molecule has 1 heterocycles. The molecule has 1 fully saturated rings. The van der Waals surface area contributed by atoms with Gasteiger partial charge in [0.2, 0.25) is 0 Å². The number of Topliss-reactive ketones (excluding diaryl/α,β-unsaturated/α-hetero) is 1. The van der Waals surface area contributed by atoms with Crippen molar-refractivity contribution in [2.24, 2.45) is 5.92 Å². The van der Waals surface area contributed by atoms with Gasteiger partial charge in [-0.1, -0.05) is 74.4 Å². The first-order valence-corrected chi connectivity index (χ1v) is 11.9. The second-order valence-electron chi connectivity index (χ2n) is 8.60. The van der Waals surface area contributed by atoms with E-state index >= 15 is 0 Å². The van der Waals surface area contributed by atoms with Crippen molar-refractivity contribution in [2.75, 3.05) is 0 Å². The van der Waals surface area contributed by atoms with Gasteiger partial charge in [0.15, 0.2) is 11.0 Å². The van der Waals surface area contributed by atoms with E-state index in [0.717, 1.165) is 24.0 Å². The Morgan fingerprint density at radius 3 is 2.53 bits per heavy atom. The number of hydrogen-bond acceptors (Lipinski definition) is 4. The number of esters is 1. The molecule has 0 aromatic heterocycles. The molecule has 1 saturated heterocycles. The maximum Gasteiger partial charge on any atom is 0.327 e. The van der Waals surface area contributed by atoms with Crippen molar-refractivity contribution >= 4 is 23.5 Å². The van der Waals surface area contributed by atoms with Gasteiger partial charge in [-0.05, 0) is 49.3 Å². The van der Waals surface area contributed by atoms with Crippen molar-refractivity contribution in [3.8, 4) is 0 Å². The average Bonchev–Trinajstić information content (AvgIpc) is 2.74. The molecule has 3 nitrogen and oxygen atoms in total. The van der Waals surface area contributed by atoms with E-state index in [1.807, 2.05) is 30.3 Å². The van der Waals surface area contributed by atoms with E-state index in [1.165, 1.54) is 22.9 Å². The van der Waals surface area contributed by atoms with E-state index in [-0.39, 0.29) is 12.2 Å². The molecule has 2 aromatic carbocycles. The number of carbonyl (C=O) groups is 2. The minimum atomic E-state index is -0.838. The summed E-state index contributed by atoms with van der Waals surface area (Å²) >= 11 is 1.39. The molecule has 3 unspecified atom stereocenters. The lowest BCUT2D eigenvalue weighted by Gasteiger charge is -2.39. The fraction of sp³-hybridized carbons (Fsp3) is 0.462. The van der Waals surface area contributed by atoms with Crippen molar-refractivity contribution in [3.05, 3.63) is 70.8 Å². The lowest BCUT2D eigenvalue weighted by atomic mass is 9.80. The normalized spacial score (nSPS) is 22.6. The topological polar surface area (TPSA) is 43.4 Å². The maximum atomic E-state index is 13.2. The van der Waals surface area contributed by atoms with Gasteiger partial charge in [-0.25, -0.2) is 0 Å². The molecule has 3 rings (SSSR count). The molecule has 4 heteroatoms. The predicted octanol–water partition coefficient (Wildman–Crippen LogP) is 6.14. The van der Waals surface area contributed by atoms with Gasteiger partial charge in [-0.3, -0.25) is 9.59 Å². The summed E-state index contributed by atoms with van der Waals surface area (Å²) in [6.45, 7) is 8.48. The Morgan fingerprint density at radius 2 is 1.87 bits per heavy atom. The number of hydrogen-bond donors (Lipinski definition) is 0. The molecule has 3 atom stereocenters. The second kappa shape index (κ2) is 9.82. The minimum Gasteiger partial charge on any atom is -0.453 e. The van der Waals surface area contributed by atoms with E-state index in [1.54, 1.807) is 0 Å². The van der Waals surface area contributed by atoms with Crippen molar-refractivity contribution < 1.29 is 14.3 Å². The van der Waals surface area contributed by atoms with Crippen LogP contribution in [-0.4, -0.2) is 17.0 Å². The van der Waals surface area contributed by atoms with Crippen molar-refractivity contribution in [3.63, 3.8) is 0 Å². The summed E-state index contributed by atoms with van der Waals surface area (Å²) in [4.78, 5) is 26.2. The minimum absolute atomic E-state index is 0.0189. The zero-order chi connectivity index (χ0) is 21.7. The SMILES string of the molecule is CCC(C)CCC1(c2ccccc2)CC(=O)C(SCc2cc(C)ccc2C)C(=O)O1. The van der Waals surface area contributed by atoms with Crippen LogP contribution in [0.1, 0.15) is 61.8 Å². The van der Waals surface area contributed by atoms with Crippen LogP contribution in [0, 0.1) is 19.8 Å². The largest absolute Gasteiger partial charge is 0.453 e. The van der Waals surface area contributed by atoms with Crippen molar-refractivity contribution in [1.29, 1.82) is 0 Å². The Kier molecular flexibility index (Phi) is 7.41. The summed E-state index contributed by atoms with van der Waals surface area (Å²) in [5.41, 5.74) is 3.61. The van der Waals surface area contributed by atoms with E-state index in [0.29, 0.717) is 18.1 Å². The molecule has 0 N–H and O–H groups in total. The van der Waals surface area contributed by atoms with Crippen LogP contribution in [0.25, 0.3) is 0 Å². The van der Waals surface area contributed by atoms with Crippen LogP contribution in [-0.2, 0) is 25.7 Å². The second-order valence-corrected chi connectivity index (χ2v) is 9.69. The predicted molar refractivity (Wildman–Crippen MR) is 124 cm³/mol. The summed E-state index contributed by atoms with van der Waals surface area (Å²) < 4.78 is 6.10. The van der Waals surface area contributed by atoms with Crippen LogP contribution < -0.4 is 0 Å². The Morgan fingerprint density at radius 1 is 1.13 bits per heavy atom. The number of carbonyl (C=O) groups excluding carboxylic acids is 2. The molecule has 2 aromatic rings. The third-order valence-corrected chi connectivity index (χ3v) is 7.48. The fourth-order valence-electron chi connectivity index (χ4n) is 3.95. The molecule has 0 radical (unpaired) electrons. The Balaban J connectivity index is 1.78. The summed E-state index contributed by atoms with van der Waals surface area (Å²) in [7, 11) is 0. The van der Waals surface area contributed by atoms with E-state index < -0.39 is 16.8 Å². The molecule has 0 spiro atoms. The third-order valence-electron chi connectivity index (χ3n) is 6.21. The first-order chi connectivity index (χ1) is 14.3. The first kappa shape index (κ1) is 22.6. The first-order valence-electron chi connectivity index (χ1n) is 10.8. The highest BCUT2D eigenvalue weighted by Crippen LogP contribution is 2.42. The Bertz CT molecular complexity index is 872. The fourth-order valence-corrected chi connectivity index (χ4v) is 5.06. The van der Waals surface area contributed by atoms with Gasteiger partial charge in [-0.15, -0.1) is 11.8 Å². The zero-order valence-corrected chi connectivity index (χ0v) is 19.3. The van der Waals surface area contributed by atoms with Gasteiger partial charge < -0.3 is 4.74 Å². The molecule has 30 heavy (non-hydrogen) atoms. The van der Waals surface area contributed by atoms with Crippen LogP contribution in [0.3, 0.4) is 0 Å². The number of aryl methyl sites for hydroxylation is 2. The van der Waals surface area contributed by atoms with Gasteiger partial charge in [0, 0.05) is 5.75 Å². The highest BCUT2D eigenvalue weighted by Gasteiger charge is 2.48. The van der Waals surface area contributed by atoms with Gasteiger partial charge in [0.25, 0.3) is 0 Å². The molecular weight excluding hydrogens is 392 g/mol. The molecule has 0 aliphatic carbocycles. The van der Waals surface area contributed by atoms with E-state index in [2.05, 4.69) is 45.9 Å². The average molecular weight is 425 g/mol. The molecular formula is C26H32O3S. The molecule has 0 saturated carbocycles. The van der Waals surface area contributed by atoms with Crippen molar-refractivity contribution in [2.45, 2.75) is 70.0 Å². The van der Waals surface area contributed by atoms with Gasteiger partial charge in [-0.2, -0.15) is 0 Å². The number of cyclic esters (lactones) is 1. The van der Waals surface area contributed by atoms with E-state index in [4.69, 9.17) is 4.74 Å². The van der Waals surface area contributed by atoms with E-state index in [9.17, 15) is 9.59 Å². The summed E-state index contributed by atoms with van der Waals surface area (Å²) in [5.74, 6) is 0.740. The van der Waals surface area contributed by atoms with Gasteiger partial charge in [0.05, 0.1) is 6.42 Å². The molecule has 160 valence electrons. The lowest BCUT2D eigenvalue weighted by Crippen LogP contribution is -2.47. The number of rotatable bonds is 8. The Labute approximate surface area is 184 Å². The van der Waals surface area contributed by atoms with Crippen LogP contribution in [0.5, 0.6) is 0 Å².